The molecule has 0 amide bonds. The molecule has 0 aliphatic rings. The second-order valence-electron chi connectivity index (χ2n) is 5.45. The topological polar surface area (TPSA) is 47.0 Å². The van der Waals surface area contributed by atoms with Crippen LogP contribution in [-0.4, -0.2) is 23.6 Å². The molecule has 2 aromatic carbocycles. The monoisotopic (exact) mass is 351 g/mol. The summed E-state index contributed by atoms with van der Waals surface area (Å²) < 4.78 is 5.20. The first-order valence-electron chi connectivity index (χ1n) is 8.22. The highest BCUT2D eigenvalue weighted by atomic mass is 32.2. The molecule has 0 aliphatic heterocycles. The molecule has 1 aromatic heterocycles. The molecule has 0 bridgehead atoms. The van der Waals surface area contributed by atoms with Gasteiger partial charge >= 0.3 is 0 Å². The van der Waals surface area contributed by atoms with Crippen molar-refractivity contribution >= 4 is 17.6 Å². The number of methoxy groups -OCH3 is 1. The first-order valence-corrected chi connectivity index (χ1v) is 9.21. The Bertz CT molecular complexity index is 807. The van der Waals surface area contributed by atoms with Crippen LogP contribution in [-0.2, 0) is 5.75 Å². The van der Waals surface area contributed by atoms with E-state index >= 15 is 0 Å². The quantitative estimate of drug-likeness (QED) is 0.486. The van der Waals surface area contributed by atoms with Gasteiger partial charge in [-0.1, -0.05) is 42.5 Å². The lowest BCUT2D eigenvalue weighted by atomic mass is 10.2. The highest BCUT2D eigenvalue weighted by Gasteiger charge is 2.07. The maximum Gasteiger partial charge on any atom is 0.162 e. The van der Waals surface area contributed by atoms with Crippen molar-refractivity contribution in [1.29, 1.82) is 0 Å². The minimum absolute atomic E-state index is 0.747. The summed E-state index contributed by atoms with van der Waals surface area (Å²) in [5, 5.41) is 4.25. The molecule has 0 unspecified atom stereocenters. The number of anilines is 1. The predicted octanol–water partition coefficient (Wildman–Crippen LogP) is 4.88. The van der Waals surface area contributed by atoms with E-state index in [1.807, 2.05) is 48.5 Å². The molecule has 5 heteroatoms. The molecule has 128 valence electrons. The molecule has 0 saturated heterocycles. The molecular formula is C20H21N3OS. The highest BCUT2D eigenvalue weighted by Crippen LogP contribution is 2.26. The fourth-order valence-corrected chi connectivity index (χ4v) is 3.22. The van der Waals surface area contributed by atoms with Crippen LogP contribution in [0, 0.1) is 0 Å². The predicted molar refractivity (Wildman–Crippen MR) is 104 cm³/mol. The molecule has 1 N–H and O–H groups in total. The third-order valence-electron chi connectivity index (χ3n) is 3.64. The summed E-state index contributed by atoms with van der Waals surface area (Å²) in [6.45, 7) is 2.89. The van der Waals surface area contributed by atoms with Gasteiger partial charge in [0, 0.05) is 23.9 Å². The zero-order valence-corrected chi connectivity index (χ0v) is 15.2. The van der Waals surface area contributed by atoms with Gasteiger partial charge in [0.05, 0.1) is 7.11 Å². The van der Waals surface area contributed by atoms with Gasteiger partial charge < -0.3 is 10.1 Å². The number of thioether (sulfide) groups is 1. The number of aromatic nitrogens is 2. The van der Waals surface area contributed by atoms with Crippen LogP contribution in [0.4, 0.5) is 5.82 Å². The van der Waals surface area contributed by atoms with Crippen molar-refractivity contribution < 1.29 is 4.74 Å². The molecule has 0 saturated carbocycles. The third kappa shape index (κ3) is 4.73. The van der Waals surface area contributed by atoms with E-state index in [2.05, 4.69) is 29.4 Å². The van der Waals surface area contributed by atoms with Crippen molar-refractivity contribution in [3.8, 4) is 17.1 Å². The lowest BCUT2D eigenvalue weighted by Gasteiger charge is -2.09. The number of nitrogens with zero attached hydrogens (tertiary/aromatic N) is 2. The number of nitrogens with one attached hydrogen (secondary N) is 1. The van der Waals surface area contributed by atoms with E-state index in [4.69, 9.17) is 9.72 Å². The number of ether oxygens (including phenoxy) is 1. The third-order valence-corrected chi connectivity index (χ3v) is 4.62. The molecular weight excluding hydrogens is 330 g/mol. The van der Waals surface area contributed by atoms with E-state index in [0.29, 0.717) is 0 Å². The van der Waals surface area contributed by atoms with Crippen LogP contribution >= 0.6 is 11.8 Å². The molecule has 0 fully saturated rings. The lowest BCUT2D eigenvalue weighted by molar-refractivity contribution is 0.414. The summed E-state index contributed by atoms with van der Waals surface area (Å²) in [4.78, 5) is 9.34. The van der Waals surface area contributed by atoms with Crippen LogP contribution in [0.1, 0.15) is 12.5 Å². The Morgan fingerprint density at radius 2 is 1.76 bits per heavy atom. The van der Waals surface area contributed by atoms with E-state index in [0.717, 1.165) is 40.3 Å². The van der Waals surface area contributed by atoms with Crippen LogP contribution in [0.25, 0.3) is 11.4 Å². The van der Waals surface area contributed by atoms with Crippen molar-refractivity contribution in [2.24, 2.45) is 0 Å². The molecule has 0 spiro atoms. The molecule has 1 heterocycles. The van der Waals surface area contributed by atoms with Crippen molar-refractivity contribution in [2.75, 3.05) is 19.0 Å². The number of hydrogen-bond acceptors (Lipinski definition) is 5. The first-order chi connectivity index (χ1) is 12.3. The van der Waals surface area contributed by atoms with Crippen molar-refractivity contribution in [1.82, 2.24) is 9.97 Å². The minimum Gasteiger partial charge on any atom is -0.497 e. The summed E-state index contributed by atoms with van der Waals surface area (Å²) in [6.07, 6.45) is 0. The van der Waals surface area contributed by atoms with Gasteiger partial charge in [0.25, 0.3) is 0 Å². The SMILES string of the molecule is CCNc1cc(SCc2ccc(OC)cc2)nc(-c2ccccc2)n1. The normalized spacial score (nSPS) is 10.5. The van der Waals surface area contributed by atoms with Gasteiger partial charge in [0.2, 0.25) is 0 Å². The Balaban J connectivity index is 1.80. The average molecular weight is 351 g/mol. The summed E-state index contributed by atoms with van der Waals surface area (Å²) in [5.41, 5.74) is 2.25. The van der Waals surface area contributed by atoms with Gasteiger partial charge in [-0.2, -0.15) is 0 Å². The van der Waals surface area contributed by atoms with Crippen LogP contribution in [0.3, 0.4) is 0 Å². The van der Waals surface area contributed by atoms with E-state index in [1.54, 1.807) is 18.9 Å². The van der Waals surface area contributed by atoms with Gasteiger partial charge in [-0.3, -0.25) is 0 Å². The number of rotatable bonds is 7. The largest absolute Gasteiger partial charge is 0.497 e. The van der Waals surface area contributed by atoms with Gasteiger partial charge in [-0.15, -0.1) is 11.8 Å². The molecule has 0 aliphatic carbocycles. The molecule has 0 radical (unpaired) electrons. The van der Waals surface area contributed by atoms with Crippen molar-refractivity contribution in [3.63, 3.8) is 0 Å². The Morgan fingerprint density at radius 3 is 2.44 bits per heavy atom. The van der Waals surface area contributed by atoms with E-state index in [-0.39, 0.29) is 0 Å². The van der Waals surface area contributed by atoms with E-state index in [1.165, 1.54) is 5.56 Å². The molecule has 25 heavy (non-hydrogen) atoms. The van der Waals surface area contributed by atoms with Crippen molar-refractivity contribution in [2.45, 2.75) is 17.7 Å². The van der Waals surface area contributed by atoms with E-state index in [9.17, 15) is 0 Å². The van der Waals surface area contributed by atoms with Crippen LogP contribution in [0.2, 0.25) is 0 Å². The molecule has 4 nitrogen and oxygen atoms in total. The van der Waals surface area contributed by atoms with Gasteiger partial charge in [0.15, 0.2) is 5.82 Å². The standard InChI is InChI=1S/C20H21N3OS/c1-3-21-18-13-19(23-20(22-18)16-7-5-4-6-8-16)25-14-15-9-11-17(24-2)12-10-15/h4-13H,3,14H2,1-2H3,(H,21,22,23). The van der Waals surface area contributed by atoms with Gasteiger partial charge in [0.1, 0.15) is 16.6 Å². The Kier molecular flexibility index (Phi) is 5.90. The average Bonchev–Trinajstić information content (AvgIpc) is 2.67. The summed E-state index contributed by atoms with van der Waals surface area (Å²) in [7, 11) is 1.68. The van der Waals surface area contributed by atoms with Gasteiger partial charge in [-0.25, -0.2) is 9.97 Å². The second kappa shape index (κ2) is 8.53. The number of benzene rings is 2. The molecule has 3 aromatic rings. The maximum atomic E-state index is 5.20. The number of hydrogen-bond donors (Lipinski definition) is 1. The zero-order chi connectivity index (χ0) is 17.5. The van der Waals surface area contributed by atoms with Crippen LogP contribution in [0.15, 0.2) is 65.7 Å². The Morgan fingerprint density at radius 1 is 1.00 bits per heavy atom. The second-order valence-corrected chi connectivity index (χ2v) is 6.44. The van der Waals surface area contributed by atoms with Crippen LogP contribution < -0.4 is 10.1 Å². The fraction of sp³-hybridized carbons (Fsp3) is 0.200. The lowest BCUT2D eigenvalue weighted by Crippen LogP contribution is -2.02. The Labute approximate surface area is 152 Å². The van der Waals surface area contributed by atoms with E-state index < -0.39 is 0 Å². The first kappa shape index (κ1) is 17.3. The molecule has 3 rings (SSSR count). The minimum atomic E-state index is 0.747. The van der Waals surface area contributed by atoms with Crippen molar-refractivity contribution in [3.05, 3.63) is 66.2 Å². The summed E-state index contributed by atoms with van der Waals surface area (Å²) >= 11 is 1.70. The fourth-order valence-electron chi connectivity index (χ4n) is 2.37. The summed E-state index contributed by atoms with van der Waals surface area (Å²) in [6, 6.07) is 20.2. The zero-order valence-electron chi connectivity index (χ0n) is 14.4. The van der Waals surface area contributed by atoms with Crippen LogP contribution in [0.5, 0.6) is 5.75 Å². The highest BCUT2D eigenvalue weighted by molar-refractivity contribution is 7.98. The maximum absolute atomic E-state index is 5.20. The molecule has 0 atom stereocenters. The Hall–Kier alpha value is -2.53. The van der Waals surface area contributed by atoms with Gasteiger partial charge in [-0.05, 0) is 24.6 Å². The smallest absolute Gasteiger partial charge is 0.162 e. The summed E-state index contributed by atoms with van der Waals surface area (Å²) in [5.74, 6) is 3.32.